The molecule has 0 aliphatic carbocycles. The standard InChI is InChI=1S/C23H25NO4/c1-3-4-14-27-19-13-12-18(16-21(19)26-2)23(25)24-22(20-11-8-15-28-20)17-9-6-5-7-10-17/h5-13,15-16,22H,3-4,14H2,1-2H3,(H,24,25). The number of carbonyl (C=O) groups is 1. The molecule has 1 heterocycles. The van der Waals surface area contributed by atoms with Gasteiger partial charge < -0.3 is 19.2 Å². The first-order valence-electron chi connectivity index (χ1n) is 9.43. The van der Waals surface area contributed by atoms with E-state index in [9.17, 15) is 4.79 Å². The van der Waals surface area contributed by atoms with Crippen LogP contribution in [0.3, 0.4) is 0 Å². The van der Waals surface area contributed by atoms with Crippen LogP contribution in [0.2, 0.25) is 0 Å². The molecule has 1 N–H and O–H groups in total. The second kappa shape index (κ2) is 9.65. The predicted molar refractivity (Wildman–Crippen MR) is 108 cm³/mol. The van der Waals surface area contributed by atoms with Crippen LogP contribution in [0, 0.1) is 0 Å². The molecule has 28 heavy (non-hydrogen) atoms. The molecule has 0 fully saturated rings. The lowest BCUT2D eigenvalue weighted by molar-refractivity contribution is 0.0938. The third kappa shape index (κ3) is 4.74. The average molecular weight is 379 g/mol. The third-order valence-electron chi connectivity index (χ3n) is 4.42. The summed E-state index contributed by atoms with van der Waals surface area (Å²) >= 11 is 0. The van der Waals surface area contributed by atoms with Gasteiger partial charge in [0, 0.05) is 5.56 Å². The summed E-state index contributed by atoms with van der Waals surface area (Å²) in [6.45, 7) is 2.73. The summed E-state index contributed by atoms with van der Waals surface area (Å²) in [7, 11) is 1.57. The molecule has 3 rings (SSSR count). The molecular weight excluding hydrogens is 354 g/mol. The maximum absolute atomic E-state index is 12.9. The number of methoxy groups -OCH3 is 1. The van der Waals surface area contributed by atoms with Crippen molar-refractivity contribution in [3.8, 4) is 11.5 Å². The van der Waals surface area contributed by atoms with Crippen molar-refractivity contribution in [3.05, 3.63) is 83.8 Å². The van der Waals surface area contributed by atoms with Crippen molar-refractivity contribution in [3.63, 3.8) is 0 Å². The summed E-state index contributed by atoms with van der Waals surface area (Å²) in [6, 6.07) is 18.2. The van der Waals surface area contributed by atoms with Crippen LogP contribution < -0.4 is 14.8 Å². The number of rotatable bonds is 9. The topological polar surface area (TPSA) is 60.7 Å². The van der Waals surface area contributed by atoms with Crippen molar-refractivity contribution in [2.24, 2.45) is 0 Å². The van der Waals surface area contributed by atoms with Crippen LogP contribution in [0.4, 0.5) is 0 Å². The van der Waals surface area contributed by atoms with E-state index in [1.165, 1.54) is 0 Å². The molecule has 5 nitrogen and oxygen atoms in total. The van der Waals surface area contributed by atoms with Crippen LogP contribution in [0.15, 0.2) is 71.3 Å². The first kappa shape index (κ1) is 19.5. The van der Waals surface area contributed by atoms with Gasteiger partial charge in [-0.05, 0) is 42.3 Å². The molecule has 0 saturated carbocycles. The van der Waals surface area contributed by atoms with Gasteiger partial charge in [0.2, 0.25) is 0 Å². The van der Waals surface area contributed by atoms with Gasteiger partial charge in [0.25, 0.3) is 5.91 Å². The summed E-state index contributed by atoms with van der Waals surface area (Å²) in [5.41, 5.74) is 1.43. The Kier molecular flexibility index (Phi) is 6.73. The zero-order valence-electron chi connectivity index (χ0n) is 16.2. The molecule has 5 heteroatoms. The minimum atomic E-state index is -0.379. The Bertz CT molecular complexity index is 875. The van der Waals surface area contributed by atoms with Gasteiger partial charge in [-0.2, -0.15) is 0 Å². The third-order valence-corrected chi connectivity index (χ3v) is 4.42. The van der Waals surface area contributed by atoms with Gasteiger partial charge in [-0.15, -0.1) is 0 Å². The number of benzene rings is 2. The summed E-state index contributed by atoms with van der Waals surface area (Å²) < 4.78 is 16.7. The van der Waals surface area contributed by atoms with E-state index in [1.54, 1.807) is 31.6 Å². The van der Waals surface area contributed by atoms with Gasteiger partial charge >= 0.3 is 0 Å². The minimum absolute atomic E-state index is 0.219. The maximum Gasteiger partial charge on any atom is 0.252 e. The predicted octanol–water partition coefficient (Wildman–Crippen LogP) is 4.99. The van der Waals surface area contributed by atoms with Crippen molar-refractivity contribution in [1.82, 2.24) is 5.32 Å². The fraction of sp³-hybridized carbons (Fsp3) is 0.261. The first-order chi connectivity index (χ1) is 13.7. The first-order valence-corrected chi connectivity index (χ1v) is 9.43. The summed E-state index contributed by atoms with van der Waals surface area (Å²) in [4.78, 5) is 12.9. The monoisotopic (exact) mass is 379 g/mol. The molecule has 1 atom stereocenters. The van der Waals surface area contributed by atoms with E-state index in [0.29, 0.717) is 29.4 Å². The Labute approximate surface area is 165 Å². The normalized spacial score (nSPS) is 11.6. The molecule has 146 valence electrons. The van der Waals surface area contributed by atoms with E-state index in [1.807, 2.05) is 42.5 Å². The molecule has 1 amide bonds. The molecular formula is C23H25NO4. The average Bonchev–Trinajstić information content (AvgIpc) is 3.27. The Morgan fingerprint density at radius 1 is 1.07 bits per heavy atom. The molecule has 0 aliphatic heterocycles. The highest BCUT2D eigenvalue weighted by molar-refractivity contribution is 5.95. The van der Waals surface area contributed by atoms with Crippen LogP contribution in [-0.2, 0) is 0 Å². The minimum Gasteiger partial charge on any atom is -0.493 e. The number of nitrogens with one attached hydrogen (secondary N) is 1. The lowest BCUT2D eigenvalue weighted by atomic mass is 10.0. The highest BCUT2D eigenvalue weighted by Crippen LogP contribution is 2.29. The van der Waals surface area contributed by atoms with Gasteiger partial charge in [-0.25, -0.2) is 0 Å². The van der Waals surface area contributed by atoms with E-state index in [0.717, 1.165) is 18.4 Å². The number of unbranched alkanes of at least 4 members (excludes halogenated alkanes) is 1. The van der Waals surface area contributed by atoms with Crippen molar-refractivity contribution in [1.29, 1.82) is 0 Å². The SMILES string of the molecule is CCCCOc1ccc(C(=O)NC(c2ccccc2)c2ccco2)cc1OC. The van der Waals surface area contributed by atoms with Crippen molar-refractivity contribution >= 4 is 5.91 Å². The summed E-state index contributed by atoms with van der Waals surface area (Å²) in [5, 5.41) is 3.05. The van der Waals surface area contributed by atoms with E-state index in [4.69, 9.17) is 13.9 Å². The molecule has 1 unspecified atom stereocenters. The van der Waals surface area contributed by atoms with E-state index < -0.39 is 0 Å². The van der Waals surface area contributed by atoms with Crippen LogP contribution in [0.1, 0.15) is 47.5 Å². The molecule has 2 aromatic carbocycles. The van der Waals surface area contributed by atoms with Crippen LogP contribution in [0.5, 0.6) is 11.5 Å². The molecule has 0 radical (unpaired) electrons. The second-order valence-electron chi connectivity index (χ2n) is 6.40. The number of ether oxygens (including phenoxy) is 2. The largest absolute Gasteiger partial charge is 0.493 e. The van der Waals surface area contributed by atoms with E-state index in [2.05, 4.69) is 12.2 Å². The molecule has 1 aromatic heterocycles. The highest BCUT2D eigenvalue weighted by Gasteiger charge is 2.21. The number of furan rings is 1. The highest BCUT2D eigenvalue weighted by atomic mass is 16.5. The molecule has 0 saturated heterocycles. The second-order valence-corrected chi connectivity index (χ2v) is 6.40. The molecule has 3 aromatic rings. The Morgan fingerprint density at radius 2 is 1.89 bits per heavy atom. The lowest BCUT2D eigenvalue weighted by Crippen LogP contribution is -2.29. The van der Waals surface area contributed by atoms with Gasteiger partial charge in [0.15, 0.2) is 11.5 Å². The Morgan fingerprint density at radius 3 is 2.57 bits per heavy atom. The van der Waals surface area contributed by atoms with Gasteiger partial charge in [0.1, 0.15) is 11.8 Å². The van der Waals surface area contributed by atoms with Crippen molar-refractivity contribution in [2.45, 2.75) is 25.8 Å². The molecule has 0 bridgehead atoms. The van der Waals surface area contributed by atoms with Crippen LogP contribution >= 0.6 is 0 Å². The molecule has 0 aliphatic rings. The van der Waals surface area contributed by atoms with Gasteiger partial charge in [0.05, 0.1) is 20.0 Å². The molecule has 0 spiro atoms. The maximum atomic E-state index is 12.9. The van der Waals surface area contributed by atoms with Crippen LogP contribution in [0.25, 0.3) is 0 Å². The van der Waals surface area contributed by atoms with E-state index >= 15 is 0 Å². The van der Waals surface area contributed by atoms with E-state index in [-0.39, 0.29) is 11.9 Å². The van der Waals surface area contributed by atoms with Gasteiger partial charge in [-0.1, -0.05) is 43.7 Å². The fourth-order valence-electron chi connectivity index (χ4n) is 2.89. The van der Waals surface area contributed by atoms with Crippen molar-refractivity contribution in [2.75, 3.05) is 13.7 Å². The zero-order valence-corrected chi connectivity index (χ0v) is 16.2. The zero-order chi connectivity index (χ0) is 19.8. The Balaban J connectivity index is 1.80. The summed E-state index contributed by atoms with van der Waals surface area (Å²) in [6.07, 6.45) is 3.62. The van der Waals surface area contributed by atoms with Crippen molar-refractivity contribution < 1.29 is 18.7 Å². The smallest absolute Gasteiger partial charge is 0.252 e. The number of amides is 1. The number of hydrogen-bond acceptors (Lipinski definition) is 4. The van der Waals surface area contributed by atoms with Crippen LogP contribution in [-0.4, -0.2) is 19.6 Å². The van der Waals surface area contributed by atoms with Gasteiger partial charge in [-0.3, -0.25) is 4.79 Å². The number of carbonyl (C=O) groups excluding carboxylic acids is 1. The Hall–Kier alpha value is -3.21. The fourth-order valence-corrected chi connectivity index (χ4v) is 2.89. The quantitative estimate of drug-likeness (QED) is 0.532. The summed E-state index contributed by atoms with van der Waals surface area (Å²) in [5.74, 6) is 1.63. The lowest BCUT2D eigenvalue weighted by Gasteiger charge is -2.18. The number of hydrogen-bond donors (Lipinski definition) is 1.